The number of nitrogens with zero attached hydrogens (tertiary/aromatic N) is 2. The quantitative estimate of drug-likeness (QED) is 0.818. The molecule has 22 heavy (non-hydrogen) atoms. The van der Waals surface area contributed by atoms with Gasteiger partial charge in [0, 0.05) is 25.5 Å². The van der Waals surface area contributed by atoms with E-state index in [1.165, 1.54) is 16.4 Å². The number of pyridine rings is 1. The number of piperidine rings is 1. The largest absolute Gasteiger partial charge is 0.317 e. The molecule has 2 heterocycles. The van der Waals surface area contributed by atoms with Crippen LogP contribution in [-0.2, 0) is 19.9 Å². The molecule has 1 aromatic rings. The molecule has 126 valence electrons. The average Bonchev–Trinajstić information content (AvgIpc) is 2.46. The van der Waals surface area contributed by atoms with Crippen LogP contribution in [0.1, 0.15) is 12.8 Å². The summed E-state index contributed by atoms with van der Waals surface area (Å²) in [6.45, 7) is 1.57. The summed E-state index contributed by atoms with van der Waals surface area (Å²) >= 11 is 0. The maximum Gasteiger partial charge on any atom is 0.244 e. The van der Waals surface area contributed by atoms with Gasteiger partial charge in [-0.2, -0.15) is 4.31 Å². The van der Waals surface area contributed by atoms with E-state index in [4.69, 9.17) is 0 Å². The van der Waals surface area contributed by atoms with Crippen LogP contribution in [0.25, 0.3) is 0 Å². The number of halogens is 1. The van der Waals surface area contributed by atoms with E-state index in [2.05, 4.69) is 10.3 Å². The highest BCUT2D eigenvalue weighted by molar-refractivity contribution is 7.90. The second kappa shape index (κ2) is 7.22. The molecule has 1 aliphatic rings. The summed E-state index contributed by atoms with van der Waals surface area (Å²) < 4.78 is 49.1. The lowest BCUT2D eigenvalue weighted by molar-refractivity contribution is 0.296. The molecule has 0 spiro atoms. The number of sulfone groups is 1. The smallest absolute Gasteiger partial charge is 0.244 e. The first-order chi connectivity index (χ1) is 9.73. The van der Waals surface area contributed by atoms with Crippen LogP contribution in [0.4, 0.5) is 0 Å². The zero-order valence-corrected chi connectivity index (χ0v) is 14.8. The summed E-state index contributed by atoms with van der Waals surface area (Å²) in [5.41, 5.74) is 0. The Morgan fingerprint density at radius 2 is 1.77 bits per heavy atom. The Balaban J connectivity index is 0.00000242. The summed E-state index contributed by atoms with van der Waals surface area (Å²) in [6.07, 6.45) is 3.64. The molecule has 0 atom stereocenters. The van der Waals surface area contributed by atoms with Gasteiger partial charge < -0.3 is 5.32 Å². The molecule has 1 aliphatic heterocycles. The zero-order valence-electron chi connectivity index (χ0n) is 12.4. The van der Waals surface area contributed by atoms with Crippen LogP contribution >= 0.6 is 12.4 Å². The first kappa shape index (κ1) is 19.3. The lowest BCUT2D eigenvalue weighted by atomic mass is 10.1. The number of aromatic nitrogens is 1. The predicted molar refractivity (Wildman–Crippen MR) is 85.4 cm³/mol. The molecule has 0 aliphatic carbocycles. The van der Waals surface area contributed by atoms with Crippen molar-refractivity contribution in [1.82, 2.24) is 14.6 Å². The molecule has 0 bridgehead atoms. The minimum atomic E-state index is -3.65. The van der Waals surface area contributed by atoms with Crippen molar-refractivity contribution in [2.24, 2.45) is 0 Å². The third-order valence-corrected chi connectivity index (χ3v) is 6.48. The number of hydrogen-bond donors (Lipinski definition) is 1. The minimum Gasteiger partial charge on any atom is -0.317 e. The summed E-state index contributed by atoms with van der Waals surface area (Å²) in [5, 5.41) is 3.05. The average molecular weight is 370 g/mol. The molecule has 0 saturated carbocycles. The highest BCUT2D eigenvalue weighted by Gasteiger charge is 2.29. The molecule has 1 saturated heterocycles. The molecule has 1 N–H and O–H groups in total. The van der Waals surface area contributed by atoms with Crippen molar-refractivity contribution in [2.45, 2.75) is 28.8 Å². The number of sulfonamides is 1. The van der Waals surface area contributed by atoms with Crippen molar-refractivity contribution in [1.29, 1.82) is 0 Å². The zero-order chi connectivity index (χ0) is 15.7. The van der Waals surface area contributed by atoms with Gasteiger partial charge in [-0.15, -0.1) is 12.4 Å². The first-order valence-corrected chi connectivity index (χ1v) is 9.91. The molecule has 0 amide bonds. The lowest BCUT2D eigenvalue weighted by Gasteiger charge is -2.30. The highest BCUT2D eigenvalue weighted by Crippen LogP contribution is 2.20. The molecule has 0 aromatic carbocycles. The van der Waals surface area contributed by atoms with Crippen LogP contribution in [-0.4, -0.2) is 58.6 Å². The van der Waals surface area contributed by atoms with Gasteiger partial charge in [-0.1, -0.05) is 0 Å². The summed E-state index contributed by atoms with van der Waals surface area (Å²) in [4.78, 5) is 3.75. The lowest BCUT2D eigenvalue weighted by Crippen LogP contribution is -2.43. The van der Waals surface area contributed by atoms with E-state index < -0.39 is 19.9 Å². The minimum absolute atomic E-state index is 0. The van der Waals surface area contributed by atoms with E-state index in [0.29, 0.717) is 0 Å². The second-order valence-corrected chi connectivity index (χ2v) is 9.07. The highest BCUT2D eigenvalue weighted by atomic mass is 35.5. The van der Waals surface area contributed by atoms with Gasteiger partial charge in [0.05, 0.1) is 0 Å². The molecule has 0 unspecified atom stereocenters. The predicted octanol–water partition coefficient (Wildman–Crippen LogP) is 0.279. The third kappa shape index (κ3) is 4.17. The standard InChI is InChI=1S/C12H19N3O4S2.ClH/c1-15(10-5-7-13-8-6-10)21(18,19)11-3-4-12(14-9-11)20(2,16)17;/h3-4,9-10,13H,5-8H2,1-2H3;1H. The Morgan fingerprint density at radius 3 is 2.23 bits per heavy atom. The van der Waals surface area contributed by atoms with Crippen molar-refractivity contribution < 1.29 is 16.8 Å². The molecule has 7 nitrogen and oxygen atoms in total. The number of rotatable bonds is 4. The molecule has 1 aromatic heterocycles. The Labute approximate surface area is 137 Å². The fraction of sp³-hybridized carbons (Fsp3) is 0.583. The summed E-state index contributed by atoms with van der Waals surface area (Å²) in [5.74, 6) is 0. The van der Waals surface area contributed by atoms with Gasteiger partial charge in [-0.3, -0.25) is 0 Å². The Morgan fingerprint density at radius 1 is 1.18 bits per heavy atom. The van der Waals surface area contributed by atoms with Crippen molar-refractivity contribution in [2.75, 3.05) is 26.4 Å². The monoisotopic (exact) mass is 369 g/mol. The Kier molecular flexibility index (Phi) is 6.34. The van der Waals surface area contributed by atoms with Gasteiger partial charge in [0.15, 0.2) is 14.9 Å². The van der Waals surface area contributed by atoms with Crippen LogP contribution < -0.4 is 5.32 Å². The van der Waals surface area contributed by atoms with Gasteiger partial charge in [-0.05, 0) is 38.1 Å². The van der Waals surface area contributed by atoms with Gasteiger partial charge in [0.1, 0.15) is 4.90 Å². The summed E-state index contributed by atoms with van der Waals surface area (Å²) in [7, 11) is -5.53. The molecule has 10 heteroatoms. The van der Waals surface area contributed by atoms with Gasteiger partial charge >= 0.3 is 0 Å². The van der Waals surface area contributed by atoms with Gasteiger partial charge in [-0.25, -0.2) is 21.8 Å². The maximum atomic E-state index is 12.5. The van der Waals surface area contributed by atoms with E-state index in [1.807, 2.05) is 0 Å². The molecular formula is C12H20ClN3O4S2. The van der Waals surface area contributed by atoms with Crippen molar-refractivity contribution >= 4 is 32.3 Å². The Hall–Kier alpha value is -0.740. The maximum absolute atomic E-state index is 12.5. The van der Waals surface area contributed by atoms with E-state index in [1.54, 1.807) is 7.05 Å². The van der Waals surface area contributed by atoms with E-state index in [9.17, 15) is 16.8 Å². The topological polar surface area (TPSA) is 96.4 Å². The van der Waals surface area contributed by atoms with Gasteiger partial charge in [0.25, 0.3) is 0 Å². The van der Waals surface area contributed by atoms with Crippen LogP contribution in [0.5, 0.6) is 0 Å². The molecule has 2 rings (SSSR count). The van der Waals surface area contributed by atoms with E-state index in [-0.39, 0.29) is 28.4 Å². The van der Waals surface area contributed by atoms with Crippen LogP contribution in [0, 0.1) is 0 Å². The first-order valence-electron chi connectivity index (χ1n) is 6.58. The van der Waals surface area contributed by atoms with Crippen molar-refractivity contribution in [3.05, 3.63) is 18.3 Å². The van der Waals surface area contributed by atoms with Crippen LogP contribution in [0.2, 0.25) is 0 Å². The van der Waals surface area contributed by atoms with E-state index >= 15 is 0 Å². The normalized spacial score (nSPS) is 17.2. The van der Waals surface area contributed by atoms with Gasteiger partial charge in [0.2, 0.25) is 10.0 Å². The molecular weight excluding hydrogens is 350 g/mol. The fourth-order valence-electron chi connectivity index (χ4n) is 2.27. The fourth-order valence-corrected chi connectivity index (χ4v) is 4.19. The summed E-state index contributed by atoms with van der Waals surface area (Å²) in [6, 6.07) is 2.46. The molecule has 1 fully saturated rings. The van der Waals surface area contributed by atoms with Crippen LogP contribution in [0.15, 0.2) is 28.3 Å². The second-order valence-electron chi connectivity index (χ2n) is 5.11. The number of nitrogens with one attached hydrogen (secondary N) is 1. The van der Waals surface area contributed by atoms with Crippen molar-refractivity contribution in [3.63, 3.8) is 0 Å². The third-order valence-electron chi connectivity index (χ3n) is 3.59. The van der Waals surface area contributed by atoms with Crippen LogP contribution in [0.3, 0.4) is 0 Å². The SMILES string of the molecule is CN(C1CCNCC1)S(=O)(=O)c1ccc(S(C)(=O)=O)nc1.Cl. The number of hydrogen-bond acceptors (Lipinski definition) is 6. The molecule has 0 radical (unpaired) electrons. The van der Waals surface area contributed by atoms with Crippen molar-refractivity contribution in [3.8, 4) is 0 Å². The Bertz CT molecular complexity index is 698. The van der Waals surface area contributed by atoms with E-state index in [0.717, 1.165) is 38.4 Å².